The zero-order valence-electron chi connectivity index (χ0n) is 10.9. The van der Waals surface area contributed by atoms with Crippen LogP contribution in [0.3, 0.4) is 0 Å². The van der Waals surface area contributed by atoms with E-state index in [0.29, 0.717) is 6.04 Å². The average molecular weight is 284 g/mol. The molecule has 1 aromatic rings. The Morgan fingerprint density at radius 2 is 2.00 bits per heavy atom. The number of rotatable bonds is 5. The molecule has 0 radical (unpaired) electrons. The van der Waals surface area contributed by atoms with Gasteiger partial charge in [0.25, 0.3) is 0 Å². The van der Waals surface area contributed by atoms with Gasteiger partial charge >= 0.3 is 0 Å². The van der Waals surface area contributed by atoms with Crippen LogP contribution in [0.5, 0.6) is 0 Å². The fourth-order valence-electron chi connectivity index (χ4n) is 2.50. The quantitative estimate of drug-likeness (QED) is 0.587. The van der Waals surface area contributed by atoms with Gasteiger partial charge in [-0.15, -0.1) is 23.4 Å². The summed E-state index contributed by atoms with van der Waals surface area (Å²) in [6.07, 6.45) is 5.33. The first-order valence-electron chi connectivity index (χ1n) is 6.88. The summed E-state index contributed by atoms with van der Waals surface area (Å²) >= 11 is 8.04. The summed E-state index contributed by atoms with van der Waals surface area (Å²) in [7, 11) is 0. The van der Waals surface area contributed by atoms with Gasteiger partial charge < -0.3 is 0 Å². The summed E-state index contributed by atoms with van der Waals surface area (Å²) in [6, 6.07) is 11.3. The van der Waals surface area contributed by atoms with Crippen molar-refractivity contribution in [2.75, 3.05) is 24.7 Å². The molecular weight excluding hydrogens is 262 g/mol. The zero-order valence-corrected chi connectivity index (χ0v) is 12.4. The molecule has 1 aromatic carbocycles. The second-order valence-corrected chi connectivity index (χ2v) is 6.33. The molecule has 1 aliphatic heterocycles. The highest BCUT2D eigenvalue weighted by Gasteiger charge is 2.19. The molecule has 3 heteroatoms. The van der Waals surface area contributed by atoms with Crippen LogP contribution in [0.15, 0.2) is 35.2 Å². The lowest BCUT2D eigenvalue weighted by Crippen LogP contribution is -2.37. The number of benzene rings is 1. The summed E-state index contributed by atoms with van der Waals surface area (Å²) in [6.45, 7) is 2.39. The molecule has 100 valence electrons. The Kier molecular flexibility index (Phi) is 6.39. The molecule has 1 nitrogen and oxygen atoms in total. The standard InChI is InChI=1S/C15H22ClNS/c16-13-14-7-3-2-6-10-17(14)11-12-18-15-8-4-1-5-9-15/h1,4-5,8-9,14H,2-3,6-7,10-13H2. The number of hydrogen-bond acceptors (Lipinski definition) is 2. The summed E-state index contributed by atoms with van der Waals surface area (Å²) in [4.78, 5) is 3.96. The van der Waals surface area contributed by atoms with E-state index in [1.807, 2.05) is 11.8 Å². The molecule has 0 spiro atoms. The topological polar surface area (TPSA) is 3.24 Å². The Morgan fingerprint density at radius 1 is 1.17 bits per heavy atom. The molecule has 18 heavy (non-hydrogen) atoms. The Labute approximate surface area is 120 Å². The van der Waals surface area contributed by atoms with Gasteiger partial charge in [-0.2, -0.15) is 0 Å². The smallest absolute Gasteiger partial charge is 0.0379 e. The predicted octanol–water partition coefficient (Wildman–Crippen LogP) is 4.26. The third-order valence-corrected chi connectivity index (χ3v) is 4.92. The van der Waals surface area contributed by atoms with E-state index >= 15 is 0 Å². The van der Waals surface area contributed by atoms with Crippen LogP contribution in [0, 0.1) is 0 Å². The molecule has 2 rings (SSSR count). The van der Waals surface area contributed by atoms with Crippen LogP contribution in [0.4, 0.5) is 0 Å². The fraction of sp³-hybridized carbons (Fsp3) is 0.600. The van der Waals surface area contributed by atoms with Crippen molar-refractivity contribution >= 4 is 23.4 Å². The van der Waals surface area contributed by atoms with E-state index in [-0.39, 0.29) is 0 Å². The lowest BCUT2D eigenvalue weighted by molar-refractivity contribution is 0.230. The maximum atomic E-state index is 6.10. The summed E-state index contributed by atoms with van der Waals surface area (Å²) < 4.78 is 0. The van der Waals surface area contributed by atoms with Crippen molar-refractivity contribution in [3.05, 3.63) is 30.3 Å². The van der Waals surface area contributed by atoms with Crippen LogP contribution >= 0.6 is 23.4 Å². The van der Waals surface area contributed by atoms with Crippen LogP contribution < -0.4 is 0 Å². The average Bonchev–Trinajstić information content (AvgIpc) is 2.65. The van der Waals surface area contributed by atoms with Gasteiger partial charge in [0.15, 0.2) is 0 Å². The van der Waals surface area contributed by atoms with Crippen LogP contribution in [0.25, 0.3) is 0 Å². The molecule has 0 aromatic heterocycles. The highest BCUT2D eigenvalue weighted by Crippen LogP contribution is 2.21. The van der Waals surface area contributed by atoms with Crippen molar-refractivity contribution in [2.24, 2.45) is 0 Å². The molecular formula is C15H22ClNS. The first-order valence-corrected chi connectivity index (χ1v) is 8.40. The zero-order chi connectivity index (χ0) is 12.6. The van der Waals surface area contributed by atoms with Crippen molar-refractivity contribution < 1.29 is 0 Å². The van der Waals surface area contributed by atoms with E-state index in [1.54, 1.807) is 0 Å². The molecule has 0 amide bonds. The number of hydrogen-bond donors (Lipinski definition) is 0. The van der Waals surface area contributed by atoms with Crippen molar-refractivity contribution in [2.45, 2.75) is 36.6 Å². The van der Waals surface area contributed by atoms with Crippen LogP contribution in [-0.4, -0.2) is 35.7 Å². The minimum atomic E-state index is 0.602. The van der Waals surface area contributed by atoms with Crippen molar-refractivity contribution in [3.63, 3.8) is 0 Å². The third-order valence-electron chi connectivity index (χ3n) is 3.57. The molecule has 1 aliphatic rings. The molecule has 1 unspecified atom stereocenters. The van der Waals surface area contributed by atoms with E-state index in [0.717, 1.165) is 18.2 Å². The van der Waals surface area contributed by atoms with E-state index < -0.39 is 0 Å². The number of nitrogens with zero attached hydrogens (tertiary/aromatic N) is 1. The van der Waals surface area contributed by atoms with E-state index in [4.69, 9.17) is 11.6 Å². The maximum Gasteiger partial charge on any atom is 0.0379 e. The normalized spacial score (nSPS) is 21.7. The molecule has 1 fully saturated rings. The molecule has 1 atom stereocenters. The first-order chi connectivity index (χ1) is 8.90. The number of likely N-dealkylation sites (tertiary alicyclic amines) is 1. The van der Waals surface area contributed by atoms with Crippen LogP contribution in [0.1, 0.15) is 25.7 Å². The number of halogens is 1. The predicted molar refractivity (Wildman–Crippen MR) is 81.7 cm³/mol. The second kappa shape index (κ2) is 8.08. The highest BCUT2D eigenvalue weighted by molar-refractivity contribution is 7.99. The SMILES string of the molecule is ClCC1CCCCCN1CCSc1ccccc1. The van der Waals surface area contributed by atoms with Gasteiger partial charge in [-0.05, 0) is 31.5 Å². The molecule has 0 aliphatic carbocycles. The maximum absolute atomic E-state index is 6.10. The molecule has 0 saturated carbocycles. The van der Waals surface area contributed by atoms with Crippen LogP contribution in [-0.2, 0) is 0 Å². The summed E-state index contributed by atoms with van der Waals surface area (Å²) in [5.41, 5.74) is 0. The summed E-state index contributed by atoms with van der Waals surface area (Å²) in [5.74, 6) is 1.95. The second-order valence-electron chi connectivity index (χ2n) is 4.85. The number of thioether (sulfide) groups is 1. The van der Waals surface area contributed by atoms with Gasteiger partial charge in [-0.1, -0.05) is 31.0 Å². The van der Waals surface area contributed by atoms with E-state index in [2.05, 4.69) is 35.2 Å². The number of alkyl halides is 1. The van der Waals surface area contributed by atoms with E-state index in [1.165, 1.54) is 37.1 Å². The molecule has 1 saturated heterocycles. The fourth-order valence-corrected chi connectivity index (χ4v) is 3.76. The monoisotopic (exact) mass is 283 g/mol. The van der Waals surface area contributed by atoms with Crippen LogP contribution in [0.2, 0.25) is 0 Å². The third kappa shape index (κ3) is 4.49. The molecule has 1 heterocycles. The van der Waals surface area contributed by atoms with Crippen molar-refractivity contribution in [1.82, 2.24) is 4.90 Å². The van der Waals surface area contributed by atoms with Crippen molar-refractivity contribution in [1.29, 1.82) is 0 Å². The minimum absolute atomic E-state index is 0.602. The van der Waals surface area contributed by atoms with Gasteiger partial charge in [0.05, 0.1) is 0 Å². The Hall–Kier alpha value is -0.180. The van der Waals surface area contributed by atoms with Gasteiger partial charge in [0.2, 0.25) is 0 Å². The molecule has 0 N–H and O–H groups in total. The Morgan fingerprint density at radius 3 is 2.78 bits per heavy atom. The van der Waals surface area contributed by atoms with Gasteiger partial charge in [0.1, 0.15) is 0 Å². The first kappa shape index (κ1) is 14.2. The Bertz CT molecular complexity index is 331. The van der Waals surface area contributed by atoms with Crippen molar-refractivity contribution in [3.8, 4) is 0 Å². The van der Waals surface area contributed by atoms with Gasteiger partial charge in [0, 0.05) is 29.1 Å². The lowest BCUT2D eigenvalue weighted by Gasteiger charge is -2.28. The van der Waals surface area contributed by atoms with E-state index in [9.17, 15) is 0 Å². The van der Waals surface area contributed by atoms with Gasteiger partial charge in [-0.3, -0.25) is 4.90 Å². The largest absolute Gasteiger partial charge is 0.298 e. The lowest BCUT2D eigenvalue weighted by atomic mass is 10.1. The molecule has 0 bridgehead atoms. The van der Waals surface area contributed by atoms with Gasteiger partial charge in [-0.25, -0.2) is 0 Å². The highest BCUT2D eigenvalue weighted by atomic mass is 35.5. The minimum Gasteiger partial charge on any atom is -0.298 e. The Balaban J connectivity index is 1.77. The summed E-state index contributed by atoms with van der Waals surface area (Å²) in [5, 5.41) is 0.